The van der Waals surface area contributed by atoms with E-state index in [4.69, 9.17) is 4.74 Å². The van der Waals surface area contributed by atoms with Gasteiger partial charge in [-0.1, -0.05) is 18.2 Å². The number of imidazole rings is 1. The largest absolute Gasteiger partial charge is 0.573 e. The Morgan fingerprint density at radius 2 is 1.93 bits per heavy atom. The van der Waals surface area contributed by atoms with Crippen LogP contribution >= 0.6 is 11.3 Å². The summed E-state index contributed by atoms with van der Waals surface area (Å²) in [5, 5.41) is 1.99. The fourth-order valence-corrected chi connectivity index (χ4v) is 6.05. The highest BCUT2D eigenvalue weighted by Gasteiger charge is 2.56. The Morgan fingerprint density at radius 3 is 2.58 bits per heavy atom. The molecule has 2 aromatic heterocycles. The molecule has 2 amide bonds. The molecule has 214 valence electrons. The molecule has 2 unspecified atom stereocenters. The first-order valence-corrected chi connectivity index (χ1v) is 13.7. The number of benzene rings is 1. The summed E-state index contributed by atoms with van der Waals surface area (Å²) in [7, 11) is 3.55. The summed E-state index contributed by atoms with van der Waals surface area (Å²) < 4.78 is 49.3. The maximum atomic E-state index is 13.1. The molecule has 2 aliphatic rings. The predicted octanol–water partition coefficient (Wildman–Crippen LogP) is 4.22. The zero-order chi connectivity index (χ0) is 28.4. The molecule has 13 heteroatoms. The zero-order valence-electron chi connectivity index (χ0n) is 22.1. The highest BCUT2D eigenvalue weighted by Crippen LogP contribution is 2.52. The van der Waals surface area contributed by atoms with Crippen LogP contribution in [0.1, 0.15) is 10.4 Å². The van der Waals surface area contributed by atoms with Gasteiger partial charge in [0.1, 0.15) is 5.75 Å². The van der Waals surface area contributed by atoms with E-state index in [-0.39, 0.29) is 30.0 Å². The van der Waals surface area contributed by atoms with Gasteiger partial charge in [0.15, 0.2) is 0 Å². The summed E-state index contributed by atoms with van der Waals surface area (Å²) in [6, 6.07) is 9.55. The van der Waals surface area contributed by atoms with E-state index in [1.807, 2.05) is 24.6 Å². The van der Waals surface area contributed by atoms with Crippen LogP contribution in [0.4, 0.5) is 18.0 Å². The van der Waals surface area contributed by atoms with Crippen molar-refractivity contribution < 1.29 is 32.2 Å². The molecular formula is C27H30F3N5O4S. The van der Waals surface area contributed by atoms with Crippen LogP contribution in [0.2, 0.25) is 0 Å². The number of hydrogen-bond acceptors (Lipinski definition) is 7. The monoisotopic (exact) mass is 577 g/mol. The lowest BCUT2D eigenvalue weighted by molar-refractivity contribution is -0.274. The van der Waals surface area contributed by atoms with Gasteiger partial charge in [0.25, 0.3) is 0 Å². The van der Waals surface area contributed by atoms with Crippen molar-refractivity contribution in [3.05, 3.63) is 64.7 Å². The lowest BCUT2D eigenvalue weighted by Gasteiger charge is -2.25. The van der Waals surface area contributed by atoms with Crippen molar-refractivity contribution >= 4 is 23.3 Å². The van der Waals surface area contributed by atoms with Gasteiger partial charge >= 0.3 is 12.5 Å². The molecule has 3 aromatic rings. The zero-order valence-corrected chi connectivity index (χ0v) is 22.9. The summed E-state index contributed by atoms with van der Waals surface area (Å²) in [6.45, 7) is 2.87. The van der Waals surface area contributed by atoms with Crippen LogP contribution in [0.5, 0.6) is 11.6 Å². The van der Waals surface area contributed by atoms with Crippen molar-refractivity contribution in [1.29, 1.82) is 0 Å². The standard InChI is InChI=1S/C27H30F3N5O4S/c1-32-15-24(31-17-32)38-26(37)35(10-18-5-3-6-19(9-18)39-27(28,29)30)14-23-21-12-34(13-22(21)23)16-25(36)33(2)11-20-7-4-8-40-20/h3-9,15,17,21-23H,10-14,16H2,1-2H3. The van der Waals surface area contributed by atoms with E-state index in [1.54, 1.807) is 40.1 Å². The Hall–Kier alpha value is -3.58. The molecule has 1 saturated heterocycles. The lowest BCUT2D eigenvalue weighted by atomic mass is 10.2. The van der Waals surface area contributed by atoms with Crippen LogP contribution < -0.4 is 9.47 Å². The average molecular weight is 578 g/mol. The van der Waals surface area contributed by atoms with E-state index < -0.39 is 12.5 Å². The number of aryl methyl sites for hydroxylation is 1. The Labute approximate surface area is 233 Å². The molecule has 1 aromatic carbocycles. The van der Waals surface area contributed by atoms with Gasteiger partial charge in [-0.3, -0.25) is 9.69 Å². The molecular weight excluding hydrogens is 547 g/mol. The summed E-state index contributed by atoms with van der Waals surface area (Å²) in [5.74, 6) is 0.726. The van der Waals surface area contributed by atoms with Crippen LogP contribution in [-0.2, 0) is 24.9 Å². The summed E-state index contributed by atoms with van der Waals surface area (Å²) in [5.41, 5.74) is 0.478. The number of likely N-dealkylation sites (N-methyl/N-ethyl adjacent to an activating group) is 1. The minimum Gasteiger partial charge on any atom is -0.406 e. The highest BCUT2D eigenvalue weighted by atomic mass is 32.1. The van der Waals surface area contributed by atoms with Crippen LogP contribution in [0.3, 0.4) is 0 Å². The number of carbonyl (C=O) groups is 2. The summed E-state index contributed by atoms with van der Waals surface area (Å²) in [6.07, 6.45) is -2.38. The summed E-state index contributed by atoms with van der Waals surface area (Å²) in [4.78, 5) is 36.4. The second-order valence-corrected chi connectivity index (χ2v) is 11.4. The van der Waals surface area contributed by atoms with Gasteiger partial charge in [-0.05, 0) is 46.9 Å². The molecule has 0 spiro atoms. The number of aromatic nitrogens is 2. The quantitative estimate of drug-likeness (QED) is 0.359. The molecule has 1 aliphatic heterocycles. The van der Waals surface area contributed by atoms with Gasteiger partial charge in [0.2, 0.25) is 11.8 Å². The van der Waals surface area contributed by atoms with Crippen molar-refractivity contribution in [3.8, 4) is 11.6 Å². The molecule has 0 bridgehead atoms. The third-order valence-electron chi connectivity index (χ3n) is 7.27. The first kappa shape index (κ1) is 28.0. The Morgan fingerprint density at radius 1 is 1.15 bits per heavy atom. The normalized spacial score (nSPS) is 20.2. The second kappa shape index (κ2) is 11.5. The molecule has 1 saturated carbocycles. The minimum atomic E-state index is -4.81. The van der Waals surface area contributed by atoms with Gasteiger partial charge in [0, 0.05) is 45.2 Å². The number of fused-ring (bicyclic) bond motifs is 1. The third-order valence-corrected chi connectivity index (χ3v) is 8.13. The van der Waals surface area contributed by atoms with Crippen LogP contribution in [0.15, 0.2) is 54.3 Å². The molecule has 2 atom stereocenters. The number of rotatable bonds is 10. The molecule has 1 aliphatic carbocycles. The van der Waals surface area contributed by atoms with E-state index in [2.05, 4.69) is 14.6 Å². The lowest BCUT2D eigenvalue weighted by Crippen LogP contribution is -2.40. The van der Waals surface area contributed by atoms with Gasteiger partial charge in [-0.15, -0.1) is 24.5 Å². The smallest absolute Gasteiger partial charge is 0.406 e. The van der Waals surface area contributed by atoms with E-state index in [0.717, 1.165) is 18.0 Å². The number of carbonyl (C=O) groups excluding carboxylic acids is 2. The number of likely N-dealkylation sites (tertiary alicyclic amines) is 1. The van der Waals surface area contributed by atoms with Crippen molar-refractivity contribution in [1.82, 2.24) is 24.3 Å². The highest BCUT2D eigenvalue weighted by molar-refractivity contribution is 7.09. The van der Waals surface area contributed by atoms with Crippen molar-refractivity contribution in [3.63, 3.8) is 0 Å². The molecule has 40 heavy (non-hydrogen) atoms. The van der Waals surface area contributed by atoms with Crippen molar-refractivity contribution in [2.24, 2.45) is 24.8 Å². The number of alkyl halides is 3. The fraction of sp³-hybridized carbons (Fsp3) is 0.444. The molecule has 9 nitrogen and oxygen atoms in total. The first-order chi connectivity index (χ1) is 19.0. The molecule has 2 fully saturated rings. The maximum Gasteiger partial charge on any atom is 0.573 e. The second-order valence-electron chi connectivity index (χ2n) is 10.3. The van der Waals surface area contributed by atoms with Crippen LogP contribution in [0.25, 0.3) is 0 Å². The minimum absolute atomic E-state index is 0.0480. The number of halogens is 3. The fourth-order valence-electron chi connectivity index (χ4n) is 5.29. The topological polar surface area (TPSA) is 80.1 Å². The number of piperidine rings is 1. The third kappa shape index (κ3) is 7.13. The van der Waals surface area contributed by atoms with Gasteiger partial charge in [-0.25, -0.2) is 9.78 Å². The van der Waals surface area contributed by atoms with E-state index in [0.29, 0.717) is 37.0 Å². The number of amides is 2. The van der Waals surface area contributed by atoms with Gasteiger partial charge in [-0.2, -0.15) is 0 Å². The van der Waals surface area contributed by atoms with Gasteiger partial charge in [0.05, 0.1) is 25.6 Å². The van der Waals surface area contributed by atoms with Crippen LogP contribution in [0, 0.1) is 17.8 Å². The number of hydrogen-bond donors (Lipinski definition) is 0. The van der Waals surface area contributed by atoms with Crippen molar-refractivity contribution in [2.75, 3.05) is 33.2 Å². The Balaban J connectivity index is 1.19. The van der Waals surface area contributed by atoms with Crippen molar-refractivity contribution in [2.45, 2.75) is 19.5 Å². The first-order valence-electron chi connectivity index (χ1n) is 12.8. The van der Waals surface area contributed by atoms with E-state index in [1.165, 1.54) is 29.4 Å². The Kier molecular flexibility index (Phi) is 8.04. The number of thiophene rings is 1. The predicted molar refractivity (Wildman–Crippen MR) is 140 cm³/mol. The molecule has 3 heterocycles. The van der Waals surface area contributed by atoms with E-state index in [9.17, 15) is 22.8 Å². The number of nitrogens with zero attached hydrogens (tertiary/aromatic N) is 5. The molecule has 5 rings (SSSR count). The van der Waals surface area contributed by atoms with Gasteiger partial charge < -0.3 is 23.8 Å². The SMILES string of the molecule is CN(Cc1cccs1)C(=O)CN1CC2C(C1)C2CN(Cc1cccc(OC(F)(F)F)c1)C(=O)Oc1cn(C)cn1. The van der Waals surface area contributed by atoms with E-state index >= 15 is 0 Å². The Bertz CT molecular complexity index is 1320. The molecule has 0 N–H and O–H groups in total. The number of ether oxygens (including phenoxy) is 2. The maximum absolute atomic E-state index is 13.1. The average Bonchev–Trinajstić information content (AvgIpc) is 3.36. The molecule has 0 radical (unpaired) electrons. The van der Waals surface area contributed by atoms with Crippen LogP contribution in [-0.4, -0.2) is 75.8 Å². The summed E-state index contributed by atoms with van der Waals surface area (Å²) >= 11 is 1.62.